The minimum atomic E-state index is -4.64. The molecule has 2 aliphatic rings. The van der Waals surface area contributed by atoms with E-state index in [0.29, 0.717) is 47.2 Å². The van der Waals surface area contributed by atoms with Gasteiger partial charge in [0.05, 0.1) is 11.1 Å². The van der Waals surface area contributed by atoms with E-state index < -0.39 is 22.0 Å². The number of hydroxylamine groups is 2. The van der Waals surface area contributed by atoms with Gasteiger partial charge < -0.3 is 10.1 Å². The van der Waals surface area contributed by atoms with Crippen LogP contribution in [-0.4, -0.2) is 69.2 Å². The molecular formula is C28H29Cl2F3N6O4S. The van der Waals surface area contributed by atoms with E-state index in [0.717, 1.165) is 31.5 Å². The highest BCUT2D eigenvalue weighted by Crippen LogP contribution is 2.36. The van der Waals surface area contributed by atoms with Crippen LogP contribution in [0.3, 0.4) is 0 Å². The number of aromatic nitrogens is 4. The average molecular weight is 674 g/mol. The number of aryl methyl sites for hydroxylation is 2. The largest absolute Gasteiger partial charge is 0.437 e. The van der Waals surface area contributed by atoms with Crippen LogP contribution in [0.15, 0.2) is 59.6 Å². The van der Waals surface area contributed by atoms with Crippen LogP contribution in [0.4, 0.5) is 19.0 Å². The molecule has 6 rings (SSSR count). The molecule has 4 heterocycles. The second kappa shape index (κ2) is 13.2. The molecule has 2 aromatic heterocycles. The number of rotatable bonds is 6. The van der Waals surface area contributed by atoms with Crippen molar-refractivity contribution in [3.63, 3.8) is 0 Å². The normalized spacial score (nSPS) is 18.2. The van der Waals surface area contributed by atoms with Gasteiger partial charge in [-0.2, -0.15) is 31.8 Å². The first kappa shape index (κ1) is 32.4. The number of hydrogen-bond donors (Lipinski definition) is 2. The lowest BCUT2D eigenvalue weighted by Crippen LogP contribution is -2.53. The number of benzene rings is 2. The Bertz CT molecular complexity index is 1720. The van der Waals surface area contributed by atoms with E-state index in [1.165, 1.54) is 28.1 Å². The molecule has 44 heavy (non-hydrogen) atoms. The van der Waals surface area contributed by atoms with Crippen molar-refractivity contribution in [3.05, 3.63) is 76.0 Å². The Labute approximate surface area is 261 Å². The number of fused-ring (bicyclic) bond motifs is 1. The Kier molecular flexibility index (Phi) is 9.68. The highest BCUT2D eigenvalue weighted by atomic mass is 35.5. The number of hydrogen-bond acceptors (Lipinski definition) is 8. The fourth-order valence-corrected chi connectivity index (χ4v) is 6.35. The second-order valence-corrected chi connectivity index (χ2v) is 13.0. The first-order chi connectivity index (χ1) is 20.8. The SMILES string of the molecule is O=S(=O)(O)c1ccccc1.ON1CCC[C@H](C2CN(c3cnc4c(C(F)(F)F)nn(CCc5ccc(Cl)cc5Cl)c4n3)C2)C1. The van der Waals surface area contributed by atoms with Crippen molar-refractivity contribution in [1.29, 1.82) is 0 Å². The first-order valence-corrected chi connectivity index (χ1v) is 15.9. The molecule has 0 aliphatic carbocycles. The number of nitrogens with zero attached hydrogens (tertiary/aromatic N) is 6. The Morgan fingerprint density at radius 2 is 1.75 bits per heavy atom. The molecule has 0 radical (unpaired) electrons. The van der Waals surface area contributed by atoms with Gasteiger partial charge in [0.15, 0.2) is 11.3 Å². The van der Waals surface area contributed by atoms with Gasteiger partial charge in [0.2, 0.25) is 0 Å². The van der Waals surface area contributed by atoms with E-state index >= 15 is 0 Å². The third-order valence-corrected chi connectivity index (χ3v) is 9.14. The number of piperidine rings is 1. The van der Waals surface area contributed by atoms with Crippen molar-refractivity contribution in [2.75, 3.05) is 31.1 Å². The van der Waals surface area contributed by atoms with Crippen molar-refractivity contribution < 1.29 is 31.3 Å². The Morgan fingerprint density at radius 1 is 1.02 bits per heavy atom. The highest BCUT2D eigenvalue weighted by molar-refractivity contribution is 7.85. The van der Waals surface area contributed by atoms with Gasteiger partial charge in [-0.05, 0) is 60.9 Å². The molecule has 16 heteroatoms. The van der Waals surface area contributed by atoms with Crippen LogP contribution in [0, 0.1) is 11.8 Å². The van der Waals surface area contributed by atoms with E-state index in [1.807, 2.05) is 4.90 Å². The van der Waals surface area contributed by atoms with E-state index in [-0.39, 0.29) is 22.6 Å². The lowest BCUT2D eigenvalue weighted by molar-refractivity contribution is -0.140. The van der Waals surface area contributed by atoms with E-state index in [1.54, 1.807) is 36.4 Å². The van der Waals surface area contributed by atoms with Crippen molar-refractivity contribution in [2.45, 2.75) is 36.9 Å². The molecule has 4 aromatic rings. The Hall–Kier alpha value is -3.01. The zero-order valence-electron chi connectivity index (χ0n) is 23.2. The summed E-state index contributed by atoms with van der Waals surface area (Å²) in [6.45, 7) is 2.97. The third-order valence-electron chi connectivity index (χ3n) is 7.69. The second-order valence-electron chi connectivity index (χ2n) is 10.7. The molecule has 0 unspecified atom stereocenters. The molecule has 0 amide bonds. The van der Waals surface area contributed by atoms with Crippen LogP contribution in [-0.2, 0) is 29.3 Å². The molecule has 2 saturated heterocycles. The molecule has 0 saturated carbocycles. The van der Waals surface area contributed by atoms with Crippen LogP contribution >= 0.6 is 23.2 Å². The summed E-state index contributed by atoms with van der Waals surface area (Å²) in [6.07, 6.45) is -0.872. The van der Waals surface area contributed by atoms with Crippen molar-refractivity contribution in [3.8, 4) is 0 Å². The molecule has 0 bridgehead atoms. The monoisotopic (exact) mass is 672 g/mol. The molecule has 10 nitrogen and oxygen atoms in total. The summed E-state index contributed by atoms with van der Waals surface area (Å²) in [4.78, 5) is 10.6. The standard InChI is InChI=1S/C22H23Cl2F3N6O.C6H6O3S/c23-16-4-3-13(17(24)8-16)5-7-33-21-19(20(30-33)22(25,26)27)28-9-18(29-21)31-10-15(11-31)14-2-1-6-32(34)12-14;7-10(8,9)6-4-2-1-3-5-6/h3-4,8-9,14-15,34H,1-2,5-7,10-12H2;1-5H,(H,7,8,9)/t14-;/m0./s1. The quantitative estimate of drug-likeness (QED) is 0.242. The summed E-state index contributed by atoms with van der Waals surface area (Å²) in [7, 11) is -4.00. The van der Waals surface area contributed by atoms with Gasteiger partial charge in [0.25, 0.3) is 10.1 Å². The summed E-state index contributed by atoms with van der Waals surface area (Å²) in [5.74, 6) is 1.34. The average Bonchev–Trinajstić information content (AvgIpc) is 3.31. The lowest BCUT2D eigenvalue weighted by Gasteiger charge is -2.46. The maximum absolute atomic E-state index is 13.6. The zero-order valence-corrected chi connectivity index (χ0v) is 25.5. The van der Waals surface area contributed by atoms with Crippen molar-refractivity contribution in [2.24, 2.45) is 11.8 Å². The molecule has 2 fully saturated rings. The van der Waals surface area contributed by atoms with Crippen LogP contribution in [0.1, 0.15) is 24.1 Å². The predicted octanol–water partition coefficient (Wildman–Crippen LogP) is 5.87. The van der Waals surface area contributed by atoms with E-state index in [9.17, 15) is 26.8 Å². The lowest BCUT2D eigenvalue weighted by atomic mass is 9.81. The van der Waals surface area contributed by atoms with Crippen LogP contribution in [0.5, 0.6) is 0 Å². The predicted molar refractivity (Wildman–Crippen MR) is 159 cm³/mol. The van der Waals surface area contributed by atoms with Gasteiger partial charge >= 0.3 is 6.18 Å². The fraction of sp³-hybridized carbons (Fsp3) is 0.393. The molecule has 0 spiro atoms. The molecule has 1 atom stereocenters. The molecule has 2 N–H and O–H groups in total. The highest BCUT2D eigenvalue weighted by Gasteiger charge is 2.40. The molecule has 236 valence electrons. The zero-order chi connectivity index (χ0) is 31.6. The summed E-state index contributed by atoms with van der Waals surface area (Å²) in [6, 6.07) is 12.5. The van der Waals surface area contributed by atoms with Gasteiger partial charge in [-0.3, -0.25) is 4.55 Å². The van der Waals surface area contributed by atoms with Crippen molar-refractivity contribution in [1.82, 2.24) is 24.8 Å². The smallest absolute Gasteiger partial charge is 0.355 e. The van der Waals surface area contributed by atoms with Crippen LogP contribution in [0.2, 0.25) is 10.0 Å². The van der Waals surface area contributed by atoms with Gasteiger partial charge in [0.1, 0.15) is 11.3 Å². The van der Waals surface area contributed by atoms with Gasteiger partial charge in [-0.15, -0.1) is 0 Å². The fourth-order valence-electron chi connectivity index (χ4n) is 5.35. The van der Waals surface area contributed by atoms with E-state index in [4.69, 9.17) is 27.8 Å². The molecule has 2 aromatic carbocycles. The first-order valence-electron chi connectivity index (χ1n) is 13.8. The van der Waals surface area contributed by atoms with Gasteiger partial charge in [-0.1, -0.05) is 47.5 Å². The Morgan fingerprint density at radius 3 is 2.36 bits per heavy atom. The number of anilines is 1. The van der Waals surface area contributed by atoms with Gasteiger partial charge in [0, 0.05) is 42.8 Å². The third kappa shape index (κ3) is 7.61. The van der Waals surface area contributed by atoms with Crippen LogP contribution < -0.4 is 4.90 Å². The maximum atomic E-state index is 13.6. The topological polar surface area (TPSA) is 125 Å². The van der Waals surface area contributed by atoms with Gasteiger partial charge in [-0.25, -0.2) is 14.6 Å². The minimum absolute atomic E-state index is 0.0741. The summed E-state index contributed by atoms with van der Waals surface area (Å²) < 4.78 is 71.3. The summed E-state index contributed by atoms with van der Waals surface area (Å²) >= 11 is 12.2. The summed E-state index contributed by atoms with van der Waals surface area (Å²) in [5.41, 5.74) is -0.463. The molecule has 2 aliphatic heterocycles. The van der Waals surface area contributed by atoms with Crippen molar-refractivity contribution >= 4 is 50.3 Å². The number of alkyl halides is 3. The van der Waals surface area contributed by atoms with Crippen LogP contribution in [0.25, 0.3) is 11.2 Å². The summed E-state index contributed by atoms with van der Waals surface area (Å²) in [5, 5.41) is 15.9. The Balaban J connectivity index is 0.000000328. The minimum Gasteiger partial charge on any atom is -0.355 e. The molecular weight excluding hydrogens is 644 g/mol. The maximum Gasteiger partial charge on any atom is 0.437 e. The number of halogens is 5. The van der Waals surface area contributed by atoms with E-state index in [2.05, 4.69) is 15.1 Å².